The van der Waals surface area contributed by atoms with Gasteiger partial charge in [-0.1, -0.05) is 0 Å². The van der Waals surface area contributed by atoms with Gasteiger partial charge in [-0.15, -0.1) is 11.3 Å². The molecule has 2 aliphatic heterocycles. The Bertz CT molecular complexity index is 902. The molecule has 0 aliphatic carbocycles. The van der Waals surface area contributed by atoms with Crippen LogP contribution in [0.25, 0.3) is 0 Å². The number of amides is 2. The molecule has 1 aromatic carbocycles. The predicted molar refractivity (Wildman–Crippen MR) is 114 cm³/mol. The second-order valence-corrected chi connectivity index (χ2v) is 8.83. The van der Waals surface area contributed by atoms with Crippen LogP contribution < -0.4 is 5.32 Å². The van der Waals surface area contributed by atoms with Crippen molar-refractivity contribution in [2.45, 2.75) is 32.3 Å². The van der Waals surface area contributed by atoms with Gasteiger partial charge in [0.1, 0.15) is 0 Å². The molecule has 0 spiro atoms. The van der Waals surface area contributed by atoms with E-state index in [9.17, 15) is 14.7 Å². The van der Waals surface area contributed by atoms with Crippen molar-refractivity contribution in [3.63, 3.8) is 0 Å². The minimum atomic E-state index is -0.413. The second kappa shape index (κ2) is 8.65. The fourth-order valence-corrected chi connectivity index (χ4v) is 4.87. The number of aryl methyl sites for hydroxylation is 2. The summed E-state index contributed by atoms with van der Waals surface area (Å²) in [4.78, 5) is 29.6. The minimum absolute atomic E-state index is 0.0343. The third-order valence-corrected chi connectivity index (χ3v) is 6.86. The highest BCUT2D eigenvalue weighted by atomic mass is 32.1. The molecular weight excluding hydrogens is 386 g/mol. The molecule has 3 heterocycles. The van der Waals surface area contributed by atoms with E-state index >= 15 is 0 Å². The number of fused-ring (bicyclic) bond motifs is 1. The van der Waals surface area contributed by atoms with Crippen molar-refractivity contribution in [2.75, 3.05) is 38.0 Å². The molecule has 29 heavy (non-hydrogen) atoms. The molecule has 2 N–H and O–H groups in total. The molecule has 6 nitrogen and oxygen atoms in total. The molecule has 1 unspecified atom stereocenters. The van der Waals surface area contributed by atoms with Crippen molar-refractivity contribution < 1.29 is 14.7 Å². The smallest absolute Gasteiger partial charge is 0.253 e. The number of nitrogens with zero attached hydrogens (tertiary/aromatic N) is 2. The molecule has 154 valence electrons. The first kappa shape index (κ1) is 20.1. The van der Waals surface area contributed by atoms with E-state index in [-0.39, 0.29) is 11.8 Å². The zero-order valence-corrected chi connectivity index (χ0v) is 17.5. The summed E-state index contributed by atoms with van der Waals surface area (Å²) in [6, 6.07) is 7.61. The number of carbonyl (C=O) groups excluding carboxylic acids is 2. The fourth-order valence-electron chi connectivity index (χ4n) is 3.95. The molecule has 4 rings (SSSR count). The SMILES string of the molecule is Cc1csc(C(O)CCN2CCN(C(=O)c3ccc4c(c3)CCC(=O)N4)CC2)c1. The maximum atomic E-state index is 12.9. The first-order chi connectivity index (χ1) is 14.0. The lowest BCUT2D eigenvalue weighted by Gasteiger charge is -2.35. The van der Waals surface area contributed by atoms with E-state index < -0.39 is 6.10 Å². The Kier molecular flexibility index (Phi) is 5.99. The molecule has 2 aliphatic rings. The number of anilines is 1. The van der Waals surface area contributed by atoms with Gasteiger partial charge in [-0.3, -0.25) is 14.5 Å². The van der Waals surface area contributed by atoms with Gasteiger partial charge >= 0.3 is 0 Å². The van der Waals surface area contributed by atoms with Crippen LogP contribution in [-0.4, -0.2) is 59.4 Å². The van der Waals surface area contributed by atoms with Crippen molar-refractivity contribution in [3.8, 4) is 0 Å². The topological polar surface area (TPSA) is 72.9 Å². The summed E-state index contributed by atoms with van der Waals surface area (Å²) in [6.07, 6.45) is 1.46. The lowest BCUT2D eigenvalue weighted by atomic mass is 10.00. The molecule has 0 bridgehead atoms. The number of hydrogen-bond donors (Lipinski definition) is 2. The van der Waals surface area contributed by atoms with Crippen LogP contribution in [0, 0.1) is 6.92 Å². The van der Waals surface area contributed by atoms with E-state index in [4.69, 9.17) is 0 Å². The fraction of sp³-hybridized carbons (Fsp3) is 0.455. The van der Waals surface area contributed by atoms with Crippen LogP contribution in [0.1, 0.15) is 45.3 Å². The van der Waals surface area contributed by atoms with E-state index in [1.807, 2.05) is 24.0 Å². The Morgan fingerprint density at radius 2 is 2.00 bits per heavy atom. The van der Waals surface area contributed by atoms with E-state index in [0.29, 0.717) is 37.9 Å². The van der Waals surface area contributed by atoms with Crippen LogP contribution >= 0.6 is 11.3 Å². The third kappa shape index (κ3) is 4.69. The Balaban J connectivity index is 1.28. The maximum Gasteiger partial charge on any atom is 0.253 e. The van der Waals surface area contributed by atoms with Crippen LogP contribution in [0.15, 0.2) is 29.6 Å². The third-order valence-electron chi connectivity index (χ3n) is 5.71. The minimum Gasteiger partial charge on any atom is -0.388 e. The average Bonchev–Trinajstić information content (AvgIpc) is 3.18. The van der Waals surface area contributed by atoms with Crippen molar-refractivity contribution in [1.29, 1.82) is 0 Å². The van der Waals surface area contributed by atoms with Gasteiger partial charge in [0, 0.05) is 55.3 Å². The molecule has 0 radical (unpaired) electrons. The number of aliphatic hydroxyl groups excluding tert-OH is 1. The van der Waals surface area contributed by atoms with Crippen LogP contribution in [0.2, 0.25) is 0 Å². The second-order valence-electron chi connectivity index (χ2n) is 7.88. The zero-order chi connectivity index (χ0) is 20.4. The summed E-state index contributed by atoms with van der Waals surface area (Å²) < 4.78 is 0. The van der Waals surface area contributed by atoms with Crippen molar-refractivity contribution >= 4 is 28.8 Å². The molecular formula is C22H27N3O3S. The molecule has 1 aromatic heterocycles. The van der Waals surface area contributed by atoms with Crippen LogP contribution in [0.4, 0.5) is 5.69 Å². The number of benzene rings is 1. The van der Waals surface area contributed by atoms with Gasteiger partial charge in [-0.2, -0.15) is 0 Å². The van der Waals surface area contributed by atoms with Gasteiger partial charge in [0.25, 0.3) is 5.91 Å². The van der Waals surface area contributed by atoms with Crippen molar-refractivity contribution in [3.05, 3.63) is 51.2 Å². The Morgan fingerprint density at radius 1 is 1.21 bits per heavy atom. The lowest BCUT2D eigenvalue weighted by molar-refractivity contribution is -0.116. The van der Waals surface area contributed by atoms with E-state index in [1.54, 1.807) is 17.4 Å². The number of hydrogen-bond acceptors (Lipinski definition) is 5. The van der Waals surface area contributed by atoms with E-state index in [1.165, 1.54) is 5.56 Å². The number of aliphatic hydroxyl groups is 1. The standard InChI is InChI=1S/C22H27N3O3S/c1-15-12-20(29-14-15)19(26)6-7-24-8-10-25(11-9-24)22(28)17-2-4-18-16(13-17)3-5-21(27)23-18/h2,4,12-14,19,26H,3,5-11H2,1H3,(H,23,27). The largest absolute Gasteiger partial charge is 0.388 e. The lowest BCUT2D eigenvalue weighted by Crippen LogP contribution is -2.49. The zero-order valence-electron chi connectivity index (χ0n) is 16.7. The highest BCUT2D eigenvalue weighted by Gasteiger charge is 2.24. The molecule has 1 fully saturated rings. The quantitative estimate of drug-likeness (QED) is 0.791. The van der Waals surface area contributed by atoms with Crippen molar-refractivity contribution in [1.82, 2.24) is 9.80 Å². The number of carbonyl (C=O) groups is 2. The molecule has 0 saturated carbocycles. The number of thiophene rings is 1. The molecule has 2 aromatic rings. The summed E-state index contributed by atoms with van der Waals surface area (Å²) in [5.41, 5.74) is 3.74. The Morgan fingerprint density at radius 3 is 2.72 bits per heavy atom. The van der Waals surface area contributed by atoms with Gasteiger partial charge in [-0.05, 0) is 60.5 Å². The van der Waals surface area contributed by atoms with Gasteiger partial charge in [0.2, 0.25) is 5.91 Å². The summed E-state index contributed by atoms with van der Waals surface area (Å²) in [5, 5.41) is 15.3. The van der Waals surface area contributed by atoms with Gasteiger partial charge in [0.05, 0.1) is 6.10 Å². The monoisotopic (exact) mass is 413 g/mol. The maximum absolute atomic E-state index is 12.9. The highest BCUT2D eigenvalue weighted by Crippen LogP contribution is 2.26. The summed E-state index contributed by atoms with van der Waals surface area (Å²) >= 11 is 1.61. The van der Waals surface area contributed by atoms with Gasteiger partial charge in [-0.25, -0.2) is 0 Å². The highest BCUT2D eigenvalue weighted by molar-refractivity contribution is 7.10. The predicted octanol–water partition coefficient (Wildman–Crippen LogP) is 2.82. The van der Waals surface area contributed by atoms with Gasteiger partial charge in [0.15, 0.2) is 0 Å². The number of rotatable bonds is 5. The molecule has 2 amide bonds. The molecule has 1 atom stereocenters. The van der Waals surface area contributed by atoms with Crippen LogP contribution in [-0.2, 0) is 11.2 Å². The summed E-state index contributed by atoms with van der Waals surface area (Å²) in [5.74, 6) is 0.0884. The first-order valence-electron chi connectivity index (χ1n) is 10.2. The number of nitrogens with one attached hydrogen (secondary N) is 1. The normalized spacial score (nSPS) is 18.3. The summed E-state index contributed by atoms with van der Waals surface area (Å²) in [7, 11) is 0. The van der Waals surface area contributed by atoms with E-state index in [0.717, 1.165) is 35.8 Å². The van der Waals surface area contributed by atoms with Gasteiger partial charge < -0.3 is 15.3 Å². The summed E-state index contributed by atoms with van der Waals surface area (Å²) in [6.45, 7) is 5.91. The molecule has 1 saturated heterocycles. The van der Waals surface area contributed by atoms with Crippen LogP contribution in [0.5, 0.6) is 0 Å². The number of piperazine rings is 1. The first-order valence-corrected chi connectivity index (χ1v) is 11.0. The molecule has 7 heteroatoms. The Hall–Kier alpha value is -2.22. The Labute approximate surface area is 175 Å². The van der Waals surface area contributed by atoms with Crippen LogP contribution in [0.3, 0.4) is 0 Å². The van der Waals surface area contributed by atoms with E-state index in [2.05, 4.69) is 21.7 Å². The average molecular weight is 414 g/mol. The van der Waals surface area contributed by atoms with Crippen molar-refractivity contribution in [2.24, 2.45) is 0 Å².